The first-order valence-electron chi connectivity index (χ1n) is 6.13. The van der Waals surface area contributed by atoms with Crippen molar-refractivity contribution < 1.29 is 4.39 Å². The summed E-state index contributed by atoms with van der Waals surface area (Å²) in [5.74, 6) is -0.263. The third-order valence-electron chi connectivity index (χ3n) is 3.20. The highest BCUT2D eigenvalue weighted by Crippen LogP contribution is 2.24. The summed E-state index contributed by atoms with van der Waals surface area (Å²) < 4.78 is 13.3. The fourth-order valence-corrected chi connectivity index (χ4v) is 2.57. The van der Waals surface area contributed by atoms with Crippen LogP contribution in [0.15, 0.2) is 18.2 Å². The Labute approximate surface area is 107 Å². The van der Waals surface area contributed by atoms with Crippen LogP contribution in [0.1, 0.15) is 19.8 Å². The standard InChI is InChI=1S/C13H18ClFN2/c1-2-16-12-3-5-17(6-4-12)13-8-10(14)7-11(15)9-13/h7-9,12,16H,2-6H2,1H3. The lowest BCUT2D eigenvalue weighted by Gasteiger charge is -2.34. The Morgan fingerprint density at radius 3 is 2.65 bits per heavy atom. The Bertz CT molecular complexity index is 355. The summed E-state index contributed by atoms with van der Waals surface area (Å²) in [7, 11) is 0. The largest absolute Gasteiger partial charge is 0.371 e. The third-order valence-corrected chi connectivity index (χ3v) is 3.42. The van der Waals surface area contributed by atoms with Gasteiger partial charge in [-0.15, -0.1) is 0 Å². The van der Waals surface area contributed by atoms with Crippen LogP contribution in [-0.2, 0) is 0 Å². The first-order valence-corrected chi connectivity index (χ1v) is 6.51. The van der Waals surface area contributed by atoms with E-state index in [2.05, 4.69) is 17.1 Å². The molecule has 0 aromatic heterocycles. The summed E-state index contributed by atoms with van der Waals surface area (Å²) in [6, 6.07) is 5.33. The van der Waals surface area contributed by atoms with E-state index in [1.165, 1.54) is 6.07 Å². The second kappa shape index (κ2) is 5.69. The molecule has 0 atom stereocenters. The Balaban J connectivity index is 2.00. The van der Waals surface area contributed by atoms with Gasteiger partial charge in [-0.1, -0.05) is 18.5 Å². The summed E-state index contributed by atoms with van der Waals surface area (Å²) in [4.78, 5) is 2.20. The third kappa shape index (κ3) is 3.33. The van der Waals surface area contributed by atoms with Gasteiger partial charge in [-0.3, -0.25) is 0 Å². The molecule has 1 heterocycles. The van der Waals surface area contributed by atoms with Crippen LogP contribution in [-0.4, -0.2) is 25.7 Å². The summed E-state index contributed by atoms with van der Waals surface area (Å²) in [6.07, 6.45) is 2.20. The van der Waals surface area contributed by atoms with Gasteiger partial charge in [-0.2, -0.15) is 0 Å². The monoisotopic (exact) mass is 256 g/mol. The maximum absolute atomic E-state index is 13.3. The van der Waals surface area contributed by atoms with Gasteiger partial charge in [-0.05, 0) is 37.6 Å². The number of hydrogen-bond acceptors (Lipinski definition) is 2. The molecule has 1 aromatic carbocycles. The van der Waals surface area contributed by atoms with Crippen molar-refractivity contribution in [2.45, 2.75) is 25.8 Å². The van der Waals surface area contributed by atoms with Crippen LogP contribution in [0.2, 0.25) is 5.02 Å². The summed E-state index contributed by atoms with van der Waals surface area (Å²) in [5, 5.41) is 3.92. The van der Waals surface area contributed by atoms with E-state index in [9.17, 15) is 4.39 Å². The van der Waals surface area contributed by atoms with Crippen molar-refractivity contribution in [3.63, 3.8) is 0 Å². The molecule has 0 unspecified atom stereocenters. The Morgan fingerprint density at radius 1 is 1.35 bits per heavy atom. The molecule has 1 aliphatic rings. The Kier molecular flexibility index (Phi) is 4.24. The van der Waals surface area contributed by atoms with E-state index in [4.69, 9.17) is 11.6 Å². The van der Waals surface area contributed by atoms with E-state index in [1.807, 2.05) is 6.07 Å². The lowest BCUT2D eigenvalue weighted by Crippen LogP contribution is -2.42. The number of hydrogen-bond donors (Lipinski definition) is 1. The quantitative estimate of drug-likeness (QED) is 0.894. The average molecular weight is 257 g/mol. The van der Waals surface area contributed by atoms with Crippen molar-refractivity contribution in [1.82, 2.24) is 5.32 Å². The van der Waals surface area contributed by atoms with E-state index >= 15 is 0 Å². The van der Waals surface area contributed by atoms with Crippen LogP contribution in [0, 0.1) is 5.82 Å². The average Bonchev–Trinajstić information content (AvgIpc) is 2.29. The van der Waals surface area contributed by atoms with Crippen LogP contribution in [0.25, 0.3) is 0 Å². The molecule has 94 valence electrons. The van der Waals surface area contributed by atoms with Crippen molar-refractivity contribution in [2.24, 2.45) is 0 Å². The minimum Gasteiger partial charge on any atom is -0.371 e. The van der Waals surface area contributed by atoms with Gasteiger partial charge in [0.25, 0.3) is 0 Å². The molecule has 1 fully saturated rings. The molecule has 1 aromatic rings. The number of rotatable bonds is 3. The number of anilines is 1. The highest BCUT2D eigenvalue weighted by molar-refractivity contribution is 6.30. The predicted molar refractivity (Wildman–Crippen MR) is 70.3 cm³/mol. The van der Waals surface area contributed by atoms with Gasteiger partial charge in [0.05, 0.1) is 0 Å². The molecule has 1 aliphatic heterocycles. The zero-order chi connectivity index (χ0) is 12.3. The zero-order valence-electron chi connectivity index (χ0n) is 10.0. The van der Waals surface area contributed by atoms with Crippen LogP contribution >= 0.6 is 11.6 Å². The minimum absolute atomic E-state index is 0.263. The molecular formula is C13H18ClFN2. The normalized spacial score (nSPS) is 17.5. The highest BCUT2D eigenvalue weighted by atomic mass is 35.5. The molecule has 0 spiro atoms. The van der Waals surface area contributed by atoms with Gasteiger partial charge >= 0.3 is 0 Å². The van der Waals surface area contributed by atoms with Crippen LogP contribution < -0.4 is 10.2 Å². The second-order valence-electron chi connectivity index (χ2n) is 4.45. The SMILES string of the molecule is CCNC1CCN(c2cc(F)cc(Cl)c2)CC1. The topological polar surface area (TPSA) is 15.3 Å². The fraction of sp³-hybridized carbons (Fsp3) is 0.538. The molecule has 17 heavy (non-hydrogen) atoms. The Morgan fingerprint density at radius 2 is 2.06 bits per heavy atom. The van der Waals surface area contributed by atoms with Crippen LogP contribution in [0.3, 0.4) is 0 Å². The van der Waals surface area contributed by atoms with Gasteiger partial charge in [0.1, 0.15) is 5.82 Å². The second-order valence-corrected chi connectivity index (χ2v) is 4.88. The van der Waals surface area contributed by atoms with Crippen LogP contribution in [0.5, 0.6) is 0 Å². The first kappa shape index (κ1) is 12.7. The molecule has 0 bridgehead atoms. The van der Waals surface area contributed by atoms with Crippen molar-refractivity contribution in [3.8, 4) is 0 Å². The zero-order valence-corrected chi connectivity index (χ0v) is 10.8. The number of nitrogens with zero attached hydrogens (tertiary/aromatic N) is 1. The van der Waals surface area contributed by atoms with E-state index in [0.717, 1.165) is 38.2 Å². The molecule has 4 heteroatoms. The molecule has 0 saturated carbocycles. The minimum atomic E-state index is -0.263. The van der Waals surface area contributed by atoms with Crippen LogP contribution in [0.4, 0.5) is 10.1 Å². The van der Waals surface area contributed by atoms with Crippen molar-refractivity contribution in [3.05, 3.63) is 29.0 Å². The van der Waals surface area contributed by atoms with E-state index in [-0.39, 0.29) is 5.82 Å². The maximum Gasteiger partial charge on any atom is 0.126 e. The van der Waals surface area contributed by atoms with E-state index in [0.29, 0.717) is 11.1 Å². The van der Waals surface area contributed by atoms with E-state index in [1.54, 1.807) is 6.07 Å². The van der Waals surface area contributed by atoms with Gasteiger partial charge < -0.3 is 10.2 Å². The van der Waals surface area contributed by atoms with Crippen molar-refractivity contribution in [2.75, 3.05) is 24.5 Å². The molecule has 0 aliphatic carbocycles. The van der Waals surface area contributed by atoms with Gasteiger partial charge in [0.15, 0.2) is 0 Å². The van der Waals surface area contributed by atoms with Crippen molar-refractivity contribution in [1.29, 1.82) is 0 Å². The maximum atomic E-state index is 13.3. The lowest BCUT2D eigenvalue weighted by molar-refractivity contribution is 0.423. The smallest absolute Gasteiger partial charge is 0.126 e. The molecule has 1 saturated heterocycles. The fourth-order valence-electron chi connectivity index (χ4n) is 2.35. The highest BCUT2D eigenvalue weighted by Gasteiger charge is 2.19. The van der Waals surface area contributed by atoms with Gasteiger partial charge in [-0.25, -0.2) is 4.39 Å². The summed E-state index contributed by atoms with van der Waals surface area (Å²) >= 11 is 5.87. The number of nitrogens with one attached hydrogen (secondary N) is 1. The molecule has 2 nitrogen and oxygen atoms in total. The Hall–Kier alpha value is -0.800. The molecule has 0 radical (unpaired) electrons. The lowest BCUT2D eigenvalue weighted by atomic mass is 10.0. The molecule has 0 amide bonds. The first-order chi connectivity index (χ1) is 8.19. The number of piperidine rings is 1. The summed E-state index contributed by atoms with van der Waals surface area (Å²) in [5.41, 5.74) is 0.893. The number of benzene rings is 1. The molecule has 2 rings (SSSR count). The van der Waals surface area contributed by atoms with Gasteiger partial charge in [0, 0.05) is 29.8 Å². The van der Waals surface area contributed by atoms with Crippen molar-refractivity contribution >= 4 is 17.3 Å². The molecular weight excluding hydrogens is 239 g/mol. The van der Waals surface area contributed by atoms with Gasteiger partial charge in [0.2, 0.25) is 0 Å². The predicted octanol–water partition coefficient (Wildman–Crippen LogP) is 3.06. The summed E-state index contributed by atoms with van der Waals surface area (Å²) in [6.45, 7) is 5.05. The number of halogens is 2. The molecule has 1 N–H and O–H groups in total. The van der Waals surface area contributed by atoms with E-state index < -0.39 is 0 Å².